The van der Waals surface area contributed by atoms with Crippen molar-refractivity contribution in [3.05, 3.63) is 18.3 Å². The lowest BCUT2D eigenvalue weighted by molar-refractivity contribution is 0.272. The maximum Gasteiger partial charge on any atom is 0.0915 e. The first-order chi connectivity index (χ1) is 3.93. The Hall–Kier alpha value is -0.460. The van der Waals surface area contributed by atoms with E-state index in [0.29, 0.717) is 0 Å². The monoisotopic (exact) mass is 111 g/mol. The van der Waals surface area contributed by atoms with Gasteiger partial charge >= 0.3 is 0 Å². The van der Waals surface area contributed by atoms with Gasteiger partial charge < -0.3 is 4.74 Å². The number of ether oxygens (including phenoxy) is 1. The Kier molecular flexibility index (Phi) is 1.95. The van der Waals surface area contributed by atoms with E-state index in [-0.39, 0.29) is 0 Å². The molecule has 0 aromatic heterocycles. The Bertz CT molecular complexity index is 94.6. The van der Waals surface area contributed by atoms with Gasteiger partial charge in [-0.15, -0.1) is 0 Å². The fourth-order valence-electron chi connectivity index (χ4n) is 0.864. The van der Waals surface area contributed by atoms with E-state index in [2.05, 4.69) is 12.5 Å². The highest BCUT2D eigenvalue weighted by atomic mass is 16.5. The lowest BCUT2D eigenvalue weighted by Crippen LogP contribution is -1.93. The normalized spacial score (nSPS) is 19.9. The van der Waals surface area contributed by atoms with E-state index in [1.54, 1.807) is 7.11 Å². The van der Waals surface area contributed by atoms with E-state index in [4.69, 9.17) is 4.74 Å². The quantitative estimate of drug-likeness (QED) is 0.502. The number of hydrogen-bond acceptors (Lipinski definition) is 1. The molecule has 1 nitrogen and oxygen atoms in total. The molecule has 45 valence electrons. The summed E-state index contributed by atoms with van der Waals surface area (Å²) in [5.74, 6) is 1.15. The van der Waals surface area contributed by atoms with Crippen molar-refractivity contribution in [1.29, 1.82) is 0 Å². The number of methoxy groups -OCH3 is 1. The fraction of sp³-hybridized carbons (Fsp3) is 0.571. The summed E-state index contributed by atoms with van der Waals surface area (Å²) >= 11 is 0. The third-order valence-corrected chi connectivity index (χ3v) is 1.37. The van der Waals surface area contributed by atoms with Crippen molar-refractivity contribution in [3.8, 4) is 0 Å². The molecule has 1 rings (SSSR count). The van der Waals surface area contributed by atoms with Gasteiger partial charge in [-0.05, 0) is 25.3 Å². The molecule has 0 amide bonds. The van der Waals surface area contributed by atoms with Crippen LogP contribution in [0.3, 0.4) is 0 Å². The summed E-state index contributed by atoms with van der Waals surface area (Å²) < 4.78 is 5.03. The van der Waals surface area contributed by atoms with Crippen LogP contribution in [0.15, 0.2) is 11.8 Å². The van der Waals surface area contributed by atoms with E-state index in [1.807, 2.05) is 0 Å². The minimum Gasteiger partial charge on any atom is -0.501 e. The van der Waals surface area contributed by atoms with Crippen molar-refractivity contribution in [2.75, 3.05) is 7.11 Å². The first-order valence-electron chi connectivity index (χ1n) is 2.98. The second-order valence-corrected chi connectivity index (χ2v) is 1.94. The molecule has 0 atom stereocenters. The van der Waals surface area contributed by atoms with Gasteiger partial charge in [0.2, 0.25) is 0 Å². The van der Waals surface area contributed by atoms with Crippen LogP contribution in [-0.2, 0) is 4.74 Å². The summed E-state index contributed by atoms with van der Waals surface area (Å²) in [6.07, 6.45) is 7.76. The van der Waals surface area contributed by atoms with Crippen LogP contribution in [0.25, 0.3) is 0 Å². The summed E-state index contributed by atoms with van der Waals surface area (Å²) in [7, 11) is 1.73. The molecule has 0 aromatic rings. The van der Waals surface area contributed by atoms with Crippen molar-refractivity contribution in [2.45, 2.75) is 19.3 Å². The molecule has 1 radical (unpaired) electrons. The second kappa shape index (κ2) is 2.75. The Labute approximate surface area is 50.3 Å². The van der Waals surface area contributed by atoms with Crippen LogP contribution in [0.5, 0.6) is 0 Å². The van der Waals surface area contributed by atoms with Crippen LogP contribution >= 0.6 is 0 Å². The highest BCUT2D eigenvalue weighted by molar-refractivity contribution is 5.01. The lowest BCUT2D eigenvalue weighted by atomic mass is 10.1. The number of allylic oxidation sites excluding steroid dienone is 2. The molecule has 0 saturated heterocycles. The molecule has 1 aliphatic carbocycles. The molecule has 0 heterocycles. The van der Waals surface area contributed by atoms with Crippen LogP contribution in [-0.4, -0.2) is 7.11 Å². The minimum absolute atomic E-state index is 1.09. The van der Waals surface area contributed by atoms with Crippen molar-refractivity contribution in [3.63, 3.8) is 0 Å². The summed E-state index contributed by atoms with van der Waals surface area (Å²) in [6, 6.07) is 0. The zero-order valence-electron chi connectivity index (χ0n) is 5.18. The number of hydrogen-bond donors (Lipinski definition) is 0. The fourth-order valence-corrected chi connectivity index (χ4v) is 0.864. The topological polar surface area (TPSA) is 9.23 Å². The van der Waals surface area contributed by atoms with E-state index in [1.165, 1.54) is 6.42 Å². The van der Waals surface area contributed by atoms with Crippen LogP contribution < -0.4 is 0 Å². The summed E-state index contributed by atoms with van der Waals surface area (Å²) in [5, 5.41) is 0. The average molecular weight is 111 g/mol. The Morgan fingerprint density at radius 3 is 2.88 bits per heavy atom. The van der Waals surface area contributed by atoms with Crippen molar-refractivity contribution in [2.24, 2.45) is 0 Å². The molecule has 0 unspecified atom stereocenters. The molecule has 8 heavy (non-hydrogen) atoms. The molecule has 1 aliphatic rings. The zero-order valence-corrected chi connectivity index (χ0v) is 5.18. The van der Waals surface area contributed by atoms with Gasteiger partial charge in [0.1, 0.15) is 0 Å². The standard InChI is InChI=1S/C7H11O/c1-8-7-5-3-2-4-6-7/h2,5H,3-4,6H2,1H3. The largest absolute Gasteiger partial charge is 0.501 e. The molecule has 0 aliphatic heterocycles. The van der Waals surface area contributed by atoms with E-state index < -0.39 is 0 Å². The van der Waals surface area contributed by atoms with Gasteiger partial charge in [-0.1, -0.05) is 0 Å². The maximum atomic E-state index is 5.03. The first-order valence-corrected chi connectivity index (χ1v) is 2.98. The van der Waals surface area contributed by atoms with E-state index in [0.717, 1.165) is 18.6 Å². The van der Waals surface area contributed by atoms with Crippen molar-refractivity contribution >= 4 is 0 Å². The second-order valence-electron chi connectivity index (χ2n) is 1.94. The third kappa shape index (κ3) is 1.25. The van der Waals surface area contributed by atoms with Crippen molar-refractivity contribution in [1.82, 2.24) is 0 Å². The van der Waals surface area contributed by atoms with Gasteiger partial charge in [0, 0.05) is 6.42 Å². The van der Waals surface area contributed by atoms with Crippen LogP contribution in [0.1, 0.15) is 19.3 Å². The van der Waals surface area contributed by atoms with Crippen molar-refractivity contribution < 1.29 is 4.74 Å². The smallest absolute Gasteiger partial charge is 0.0915 e. The zero-order chi connectivity index (χ0) is 5.82. The number of rotatable bonds is 1. The first kappa shape index (κ1) is 5.67. The summed E-state index contributed by atoms with van der Waals surface area (Å²) in [6.45, 7) is 0. The van der Waals surface area contributed by atoms with Gasteiger partial charge in [0.15, 0.2) is 0 Å². The molecule has 0 N–H and O–H groups in total. The van der Waals surface area contributed by atoms with Crippen LogP contribution in [0.2, 0.25) is 0 Å². The van der Waals surface area contributed by atoms with E-state index in [9.17, 15) is 0 Å². The molecular formula is C7H11O. The summed E-state index contributed by atoms with van der Waals surface area (Å²) in [4.78, 5) is 0. The lowest BCUT2D eigenvalue weighted by Gasteiger charge is -2.09. The molecule has 1 heteroatoms. The van der Waals surface area contributed by atoms with Crippen LogP contribution in [0, 0.1) is 6.42 Å². The van der Waals surface area contributed by atoms with E-state index >= 15 is 0 Å². The molecule has 0 saturated carbocycles. The highest BCUT2D eigenvalue weighted by Crippen LogP contribution is 2.15. The Morgan fingerprint density at radius 2 is 2.50 bits per heavy atom. The molecule has 0 bridgehead atoms. The van der Waals surface area contributed by atoms with Crippen LogP contribution in [0.4, 0.5) is 0 Å². The molecule has 0 aromatic carbocycles. The predicted octanol–water partition coefficient (Wildman–Crippen LogP) is 1.90. The Balaban J connectivity index is 2.37. The average Bonchev–Trinajstić information content (AvgIpc) is 1.90. The molecule has 0 fully saturated rings. The van der Waals surface area contributed by atoms with Gasteiger partial charge in [-0.25, -0.2) is 0 Å². The SMILES string of the molecule is COC1=CC[CH]CC1. The highest BCUT2D eigenvalue weighted by Gasteiger charge is 2.00. The third-order valence-electron chi connectivity index (χ3n) is 1.37. The minimum atomic E-state index is 1.09. The van der Waals surface area contributed by atoms with Gasteiger partial charge in [-0.3, -0.25) is 0 Å². The Morgan fingerprint density at radius 1 is 1.62 bits per heavy atom. The maximum absolute atomic E-state index is 5.03. The van der Waals surface area contributed by atoms with Gasteiger partial charge in [0.05, 0.1) is 12.9 Å². The molecular weight excluding hydrogens is 100 g/mol. The van der Waals surface area contributed by atoms with Gasteiger partial charge in [-0.2, -0.15) is 0 Å². The van der Waals surface area contributed by atoms with Gasteiger partial charge in [0.25, 0.3) is 0 Å². The predicted molar refractivity (Wildman–Crippen MR) is 33.2 cm³/mol. The summed E-state index contributed by atoms with van der Waals surface area (Å²) in [5.41, 5.74) is 0. The molecule has 0 spiro atoms.